The summed E-state index contributed by atoms with van der Waals surface area (Å²) >= 11 is 5.60. The van der Waals surface area contributed by atoms with Crippen LogP contribution in [0.25, 0.3) is 0 Å². The second kappa shape index (κ2) is 6.60. The molecule has 0 unspecified atom stereocenters. The fraction of sp³-hybridized carbons (Fsp3) is 0.182. The van der Waals surface area contributed by atoms with Crippen molar-refractivity contribution in [1.82, 2.24) is 10.6 Å². The van der Waals surface area contributed by atoms with E-state index in [2.05, 4.69) is 10.1 Å². The number of phenols is 1. The Morgan fingerprint density at radius 1 is 1.37 bits per heavy atom. The molecule has 0 spiro atoms. The molecule has 3 N–H and O–H groups in total. The van der Waals surface area contributed by atoms with Gasteiger partial charge in [-0.15, -0.1) is 0 Å². The number of aromatic hydroxyl groups is 1. The van der Waals surface area contributed by atoms with Crippen LogP contribution in [0.1, 0.15) is 10.4 Å². The first kappa shape index (κ1) is 14.8. The van der Waals surface area contributed by atoms with Crippen molar-refractivity contribution >= 4 is 29.5 Å². The quantitative estimate of drug-likeness (QED) is 0.708. The van der Waals surface area contributed by atoms with Gasteiger partial charge in [0.05, 0.1) is 0 Å². The third-order valence-electron chi connectivity index (χ3n) is 1.99. The van der Waals surface area contributed by atoms with Gasteiger partial charge in [-0.05, 0) is 18.2 Å². The Kier molecular flexibility index (Phi) is 5.13. The van der Waals surface area contributed by atoms with Crippen molar-refractivity contribution in [2.24, 2.45) is 0 Å². The summed E-state index contributed by atoms with van der Waals surface area (Å²) in [5, 5.41) is 13.8. The zero-order valence-corrected chi connectivity index (χ0v) is 10.7. The largest absolute Gasteiger partial charge is 0.507 e. The molecule has 0 aromatic heterocycles. The topological polar surface area (TPSA) is 105 Å². The summed E-state index contributed by atoms with van der Waals surface area (Å²) in [5.41, 5.74) is -0.128. The van der Waals surface area contributed by atoms with Crippen LogP contribution in [0.4, 0.5) is 4.79 Å². The van der Waals surface area contributed by atoms with E-state index in [9.17, 15) is 19.5 Å². The van der Waals surface area contributed by atoms with E-state index in [-0.39, 0.29) is 16.3 Å². The van der Waals surface area contributed by atoms with Gasteiger partial charge in [-0.25, -0.2) is 9.59 Å². The number of esters is 1. The predicted molar refractivity (Wildman–Crippen MR) is 66.0 cm³/mol. The molecule has 0 radical (unpaired) electrons. The third kappa shape index (κ3) is 4.47. The fourth-order valence-electron chi connectivity index (χ4n) is 1.11. The SMILES string of the molecule is CNC(=O)NC(=O)COC(=O)c1ccc(Cl)cc1O. The first-order valence-corrected chi connectivity index (χ1v) is 5.49. The average Bonchev–Trinajstić information content (AvgIpc) is 2.35. The molecule has 8 heteroatoms. The highest BCUT2D eigenvalue weighted by Gasteiger charge is 2.15. The van der Waals surface area contributed by atoms with Gasteiger partial charge >= 0.3 is 12.0 Å². The summed E-state index contributed by atoms with van der Waals surface area (Å²) in [6.07, 6.45) is 0. The highest BCUT2D eigenvalue weighted by molar-refractivity contribution is 6.30. The summed E-state index contributed by atoms with van der Waals surface area (Å²) in [6, 6.07) is 3.11. The Bertz CT molecular complexity index is 518. The second-order valence-electron chi connectivity index (χ2n) is 3.36. The monoisotopic (exact) mass is 286 g/mol. The molecule has 1 aromatic carbocycles. The number of imide groups is 1. The smallest absolute Gasteiger partial charge is 0.342 e. The number of nitrogens with one attached hydrogen (secondary N) is 2. The number of phenolic OH excluding ortho intramolecular Hbond substituents is 1. The summed E-state index contributed by atoms with van der Waals surface area (Å²) in [6.45, 7) is -0.645. The summed E-state index contributed by atoms with van der Waals surface area (Å²) in [7, 11) is 1.33. The number of hydrogen-bond acceptors (Lipinski definition) is 5. The van der Waals surface area contributed by atoms with E-state index in [0.717, 1.165) is 0 Å². The van der Waals surface area contributed by atoms with Crippen molar-refractivity contribution < 1.29 is 24.2 Å². The highest BCUT2D eigenvalue weighted by Crippen LogP contribution is 2.22. The average molecular weight is 287 g/mol. The fourth-order valence-corrected chi connectivity index (χ4v) is 1.28. The number of hydrogen-bond donors (Lipinski definition) is 3. The van der Waals surface area contributed by atoms with E-state index in [4.69, 9.17) is 11.6 Å². The highest BCUT2D eigenvalue weighted by atomic mass is 35.5. The number of urea groups is 1. The minimum absolute atomic E-state index is 0.128. The lowest BCUT2D eigenvalue weighted by atomic mass is 10.2. The first-order chi connectivity index (χ1) is 8.93. The van der Waals surface area contributed by atoms with Gasteiger partial charge in [0.25, 0.3) is 5.91 Å². The Morgan fingerprint density at radius 3 is 2.63 bits per heavy atom. The standard InChI is InChI=1S/C11H11ClN2O5/c1-13-11(18)14-9(16)5-19-10(17)7-3-2-6(12)4-8(7)15/h2-4,15H,5H2,1H3,(H2,13,14,16,18). The van der Waals surface area contributed by atoms with E-state index >= 15 is 0 Å². The van der Waals surface area contributed by atoms with Crippen LogP contribution in [0, 0.1) is 0 Å². The number of halogens is 1. The molecule has 1 rings (SSSR count). The van der Waals surface area contributed by atoms with Crippen molar-refractivity contribution in [2.75, 3.05) is 13.7 Å². The zero-order chi connectivity index (χ0) is 14.4. The van der Waals surface area contributed by atoms with E-state index in [0.29, 0.717) is 0 Å². The van der Waals surface area contributed by atoms with Crippen LogP contribution < -0.4 is 10.6 Å². The maximum atomic E-state index is 11.5. The van der Waals surface area contributed by atoms with Crippen LogP contribution in [-0.2, 0) is 9.53 Å². The summed E-state index contributed by atoms with van der Waals surface area (Å²) in [4.78, 5) is 33.5. The van der Waals surface area contributed by atoms with Gasteiger partial charge in [-0.1, -0.05) is 11.6 Å². The molecule has 0 saturated heterocycles. The maximum absolute atomic E-state index is 11.5. The van der Waals surface area contributed by atoms with Gasteiger partial charge in [0.2, 0.25) is 0 Å². The lowest BCUT2D eigenvalue weighted by Crippen LogP contribution is -2.39. The van der Waals surface area contributed by atoms with Crippen molar-refractivity contribution in [3.8, 4) is 5.75 Å². The van der Waals surface area contributed by atoms with Gasteiger partial charge in [0.15, 0.2) is 6.61 Å². The molecule has 0 saturated carbocycles. The zero-order valence-electron chi connectivity index (χ0n) is 9.90. The molecule has 0 aliphatic heterocycles. The molecule has 7 nitrogen and oxygen atoms in total. The lowest BCUT2D eigenvalue weighted by Gasteiger charge is -2.06. The lowest BCUT2D eigenvalue weighted by molar-refractivity contribution is -0.123. The predicted octanol–water partition coefficient (Wildman–Crippen LogP) is 0.658. The second-order valence-corrected chi connectivity index (χ2v) is 3.80. The van der Waals surface area contributed by atoms with Crippen molar-refractivity contribution in [3.63, 3.8) is 0 Å². The Balaban J connectivity index is 2.56. The van der Waals surface area contributed by atoms with Crippen LogP contribution in [0.2, 0.25) is 5.02 Å². The molecule has 0 heterocycles. The molecule has 0 atom stereocenters. The number of rotatable bonds is 3. The van der Waals surface area contributed by atoms with E-state index in [1.807, 2.05) is 5.32 Å². The van der Waals surface area contributed by atoms with Gasteiger partial charge in [0.1, 0.15) is 11.3 Å². The number of ether oxygens (including phenoxy) is 1. The molecule has 0 aliphatic carbocycles. The number of benzene rings is 1. The van der Waals surface area contributed by atoms with E-state index in [1.165, 1.54) is 25.2 Å². The molecule has 102 valence electrons. The maximum Gasteiger partial charge on any atom is 0.342 e. The molecule has 19 heavy (non-hydrogen) atoms. The van der Waals surface area contributed by atoms with Crippen molar-refractivity contribution in [2.45, 2.75) is 0 Å². The number of amides is 3. The van der Waals surface area contributed by atoms with E-state index < -0.39 is 24.5 Å². The van der Waals surface area contributed by atoms with Gasteiger partial charge < -0.3 is 15.2 Å². The van der Waals surface area contributed by atoms with Crippen molar-refractivity contribution in [3.05, 3.63) is 28.8 Å². The Labute approximate surface area is 113 Å². The molecular formula is C11H11ClN2O5. The minimum atomic E-state index is -0.902. The molecular weight excluding hydrogens is 276 g/mol. The normalized spacial score (nSPS) is 9.58. The summed E-state index contributed by atoms with van der Waals surface area (Å²) < 4.78 is 4.62. The Hall–Kier alpha value is -2.28. The molecule has 1 aromatic rings. The van der Waals surface area contributed by atoms with Gasteiger partial charge in [0, 0.05) is 12.1 Å². The van der Waals surface area contributed by atoms with Crippen LogP contribution in [0.15, 0.2) is 18.2 Å². The van der Waals surface area contributed by atoms with Crippen LogP contribution in [-0.4, -0.2) is 36.7 Å². The summed E-state index contributed by atoms with van der Waals surface area (Å²) in [5.74, 6) is -2.05. The van der Waals surface area contributed by atoms with Gasteiger partial charge in [-0.3, -0.25) is 10.1 Å². The van der Waals surface area contributed by atoms with Crippen LogP contribution in [0.3, 0.4) is 0 Å². The molecule has 0 aliphatic rings. The molecule has 0 bridgehead atoms. The molecule has 0 fully saturated rings. The van der Waals surface area contributed by atoms with Crippen molar-refractivity contribution in [1.29, 1.82) is 0 Å². The van der Waals surface area contributed by atoms with Crippen LogP contribution >= 0.6 is 11.6 Å². The minimum Gasteiger partial charge on any atom is -0.507 e. The number of carbonyl (C=O) groups is 3. The van der Waals surface area contributed by atoms with Gasteiger partial charge in [-0.2, -0.15) is 0 Å². The van der Waals surface area contributed by atoms with E-state index in [1.54, 1.807) is 0 Å². The molecule has 3 amide bonds. The van der Waals surface area contributed by atoms with Crippen LogP contribution in [0.5, 0.6) is 5.75 Å². The number of carbonyl (C=O) groups excluding carboxylic acids is 3. The Morgan fingerprint density at radius 2 is 2.05 bits per heavy atom. The first-order valence-electron chi connectivity index (χ1n) is 5.11. The third-order valence-corrected chi connectivity index (χ3v) is 2.23.